The highest BCUT2D eigenvalue weighted by Gasteiger charge is 2.35. The number of rotatable bonds is 3. The first-order valence-electron chi connectivity index (χ1n) is 8.49. The fourth-order valence-corrected chi connectivity index (χ4v) is 3.41. The molecule has 1 unspecified atom stereocenters. The number of benzene rings is 2. The summed E-state index contributed by atoms with van der Waals surface area (Å²) in [6, 6.07) is 13.4. The largest absolute Gasteiger partial charge is 0.334 e. The Morgan fingerprint density at radius 1 is 1.15 bits per heavy atom. The number of hydrogen-bond donors (Lipinski definition) is 0. The number of halogens is 1. The quantitative estimate of drug-likeness (QED) is 0.682. The lowest BCUT2D eigenvalue weighted by molar-refractivity contribution is -0.117. The Hall–Kier alpha value is -2.66. The molecule has 1 amide bonds. The van der Waals surface area contributed by atoms with E-state index in [1.807, 2.05) is 43.3 Å². The molecule has 5 nitrogen and oxygen atoms in total. The molecule has 2 aromatic carbocycles. The van der Waals surface area contributed by atoms with Crippen LogP contribution in [-0.2, 0) is 4.79 Å². The Morgan fingerprint density at radius 3 is 2.73 bits per heavy atom. The molecule has 0 radical (unpaired) electrons. The Morgan fingerprint density at radius 2 is 1.96 bits per heavy atom. The minimum atomic E-state index is -0.109. The highest BCUT2D eigenvalue weighted by Crippen LogP contribution is 2.34. The maximum atomic E-state index is 12.5. The molecule has 1 saturated heterocycles. The second kappa shape index (κ2) is 6.57. The molecule has 1 aliphatic rings. The van der Waals surface area contributed by atoms with Crippen molar-refractivity contribution in [2.45, 2.75) is 26.2 Å². The molecule has 132 valence electrons. The zero-order chi connectivity index (χ0) is 18.3. The number of amides is 1. The van der Waals surface area contributed by atoms with Gasteiger partial charge in [0, 0.05) is 24.4 Å². The van der Waals surface area contributed by atoms with Crippen LogP contribution in [0.2, 0.25) is 5.02 Å². The number of hydrogen-bond acceptors (Lipinski definition) is 4. The summed E-state index contributed by atoms with van der Waals surface area (Å²) in [5.74, 6) is 0.941. The van der Waals surface area contributed by atoms with Crippen LogP contribution in [0.25, 0.3) is 11.5 Å². The van der Waals surface area contributed by atoms with Gasteiger partial charge in [-0.1, -0.05) is 35.0 Å². The third kappa shape index (κ3) is 2.99. The third-order valence-corrected chi connectivity index (χ3v) is 5.15. The first kappa shape index (κ1) is 16.8. The van der Waals surface area contributed by atoms with Crippen LogP contribution >= 0.6 is 11.6 Å². The lowest BCUT2D eigenvalue weighted by atomic mass is 10.1. The smallest absolute Gasteiger partial charge is 0.257 e. The molecular weight excluding hydrogens is 350 g/mol. The topological polar surface area (TPSA) is 59.2 Å². The molecule has 0 spiro atoms. The zero-order valence-corrected chi connectivity index (χ0v) is 15.3. The van der Waals surface area contributed by atoms with Crippen molar-refractivity contribution >= 4 is 23.2 Å². The molecular formula is C20H18ClN3O2. The van der Waals surface area contributed by atoms with Crippen LogP contribution in [0.1, 0.15) is 29.3 Å². The Balaban J connectivity index is 1.58. The van der Waals surface area contributed by atoms with E-state index in [1.165, 1.54) is 11.1 Å². The molecule has 4 rings (SSSR count). The Kier molecular flexibility index (Phi) is 4.24. The van der Waals surface area contributed by atoms with Gasteiger partial charge in [0.05, 0.1) is 10.7 Å². The van der Waals surface area contributed by atoms with Gasteiger partial charge in [-0.3, -0.25) is 4.79 Å². The van der Waals surface area contributed by atoms with Crippen LogP contribution < -0.4 is 4.90 Å². The van der Waals surface area contributed by atoms with E-state index in [0.717, 1.165) is 11.3 Å². The van der Waals surface area contributed by atoms with E-state index in [1.54, 1.807) is 11.0 Å². The molecule has 1 aliphatic heterocycles. The lowest BCUT2D eigenvalue weighted by Gasteiger charge is -2.17. The molecule has 3 aromatic rings. The minimum absolute atomic E-state index is 0.0145. The fourth-order valence-electron chi connectivity index (χ4n) is 3.18. The van der Waals surface area contributed by atoms with Gasteiger partial charge in [0.15, 0.2) is 5.82 Å². The molecule has 0 bridgehead atoms. The highest BCUT2D eigenvalue weighted by molar-refractivity contribution is 6.33. The van der Waals surface area contributed by atoms with Crippen LogP contribution in [0.3, 0.4) is 0 Å². The van der Waals surface area contributed by atoms with E-state index in [-0.39, 0.29) is 11.8 Å². The third-order valence-electron chi connectivity index (χ3n) is 4.83. The van der Waals surface area contributed by atoms with Crippen molar-refractivity contribution in [3.05, 3.63) is 64.4 Å². The first-order chi connectivity index (χ1) is 12.5. The second-order valence-electron chi connectivity index (χ2n) is 6.61. The van der Waals surface area contributed by atoms with Gasteiger partial charge in [-0.15, -0.1) is 0 Å². The number of para-hydroxylation sites is 1. The molecule has 1 fully saturated rings. The minimum Gasteiger partial charge on any atom is -0.334 e. The molecule has 26 heavy (non-hydrogen) atoms. The monoisotopic (exact) mass is 367 g/mol. The van der Waals surface area contributed by atoms with Crippen molar-refractivity contribution in [2.24, 2.45) is 0 Å². The van der Waals surface area contributed by atoms with E-state index in [9.17, 15) is 4.79 Å². The highest BCUT2D eigenvalue weighted by atomic mass is 35.5. The van der Waals surface area contributed by atoms with E-state index in [4.69, 9.17) is 16.1 Å². The number of aromatic nitrogens is 2. The number of nitrogens with zero attached hydrogens (tertiary/aromatic N) is 3. The number of anilines is 1. The molecule has 0 aliphatic carbocycles. The number of carbonyl (C=O) groups excluding carboxylic acids is 1. The Labute approximate surface area is 156 Å². The normalized spacial score (nSPS) is 17.1. The summed E-state index contributed by atoms with van der Waals surface area (Å²) >= 11 is 6.23. The van der Waals surface area contributed by atoms with Gasteiger partial charge >= 0.3 is 0 Å². The summed E-state index contributed by atoms with van der Waals surface area (Å²) < 4.78 is 5.44. The van der Waals surface area contributed by atoms with Gasteiger partial charge < -0.3 is 9.42 Å². The van der Waals surface area contributed by atoms with Crippen molar-refractivity contribution in [3.8, 4) is 11.5 Å². The SMILES string of the molecule is Cc1ccc(-c2nc(C3CC(=O)N(c4ccccc4Cl)C3)no2)cc1C. The summed E-state index contributed by atoms with van der Waals surface area (Å²) in [7, 11) is 0. The maximum absolute atomic E-state index is 12.5. The van der Waals surface area contributed by atoms with Crippen LogP contribution in [0, 0.1) is 13.8 Å². The molecule has 0 saturated carbocycles. The van der Waals surface area contributed by atoms with E-state index < -0.39 is 0 Å². The number of carbonyl (C=O) groups is 1. The van der Waals surface area contributed by atoms with Gasteiger partial charge in [-0.25, -0.2) is 0 Å². The average Bonchev–Trinajstić information content (AvgIpc) is 3.25. The lowest BCUT2D eigenvalue weighted by Crippen LogP contribution is -2.24. The average molecular weight is 368 g/mol. The maximum Gasteiger partial charge on any atom is 0.257 e. The predicted molar refractivity (Wildman–Crippen MR) is 100 cm³/mol. The summed E-state index contributed by atoms with van der Waals surface area (Å²) in [6.45, 7) is 4.60. The van der Waals surface area contributed by atoms with Crippen LogP contribution in [0.15, 0.2) is 47.0 Å². The molecule has 1 aromatic heterocycles. The summed E-state index contributed by atoms with van der Waals surface area (Å²) in [5, 5.41) is 4.67. The van der Waals surface area contributed by atoms with E-state index in [2.05, 4.69) is 17.1 Å². The molecule has 6 heteroatoms. The second-order valence-corrected chi connectivity index (χ2v) is 7.02. The van der Waals surface area contributed by atoms with E-state index in [0.29, 0.717) is 29.7 Å². The van der Waals surface area contributed by atoms with Crippen molar-refractivity contribution in [1.82, 2.24) is 10.1 Å². The van der Waals surface area contributed by atoms with E-state index >= 15 is 0 Å². The van der Waals surface area contributed by atoms with Crippen LogP contribution in [0.4, 0.5) is 5.69 Å². The van der Waals surface area contributed by atoms with Crippen molar-refractivity contribution in [1.29, 1.82) is 0 Å². The number of aryl methyl sites for hydroxylation is 2. The van der Waals surface area contributed by atoms with Gasteiger partial charge in [-0.2, -0.15) is 4.98 Å². The van der Waals surface area contributed by atoms with Gasteiger partial charge in [-0.05, 0) is 49.2 Å². The molecule has 2 heterocycles. The predicted octanol–water partition coefficient (Wildman–Crippen LogP) is 4.53. The van der Waals surface area contributed by atoms with Gasteiger partial charge in [0.25, 0.3) is 5.89 Å². The Bertz CT molecular complexity index is 983. The van der Waals surface area contributed by atoms with Crippen molar-refractivity contribution < 1.29 is 9.32 Å². The van der Waals surface area contributed by atoms with Crippen LogP contribution in [-0.4, -0.2) is 22.6 Å². The standard InChI is InChI=1S/C20H18ClN3O2/c1-12-7-8-14(9-13(12)2)20-22-19(23-26-20)15-10-18(25)24(11-15)17-6-4-3-5-16(17)21/h3-9,15H,10-11H2,1-2H3. The fraction of sp³-hybridized carbons (Fsp3) is 0.250. The zero-order valence-electron chi connectivity index (χ0n) is 14.6. The van der Waals surface area contributed by atoms with Gasteiger partial charge in [0.2, 0.25) is 5.91 Å². The first-order valence-corrected chi connectivity index (χ1v) is 8.87. The van der Waals surface area contributed by atoms with Gasteiger partial charge in [0.1, 0.15) is 0 Å². The summed E-state index contributed by atoms with van der Waals surface area (Å²) in [6.07, 6.45) is 0.344. The molecule has 0 N–H and O–H groups in total. The molecule has 1 atom stereocenters. The van der Waals surface area contributed by atoms with Crippen molar-refractivity contribution in [2.75, 3.05) is 11.4 Å². The van der Waals surface area contributed by atoms with Crippen molar-refractivity contribution in [3.63, 3.8) is 0 Å². The summed E-state index contributed by atoms with van der Waals surface area (Å²) in [5.41, 5.74) is 3.99. The van der Waals surface area contributed by atoms with Crippen LogP contribution in [0.5, 0.6) is 0 Å². The summed E-state index contributed by atoms with van der Waals surface area (Å²) in [4.78, 5) is 18.7.